The minimum atomic E-state index is -4.33. The molecular formula is C19H25F3N2O2. The Morgan fingerprint density at radius 3 is 2.42 bits per heavy atom. The van der Waals surface area contributed by atoms with Gasteiger partial charge in [0.25, 0.3) is 0 Å². The molecule has 2 aliphatic rings. The van der Waals surface area contributed by atoms with E-state index in [0.717, 1.165) is 24.1 Å². The molecule has 0 aliphatic carbocycles. The summed E-state index contributed by atoms with van der Waals surface area (Å²) >= 11 is 0. The molecule has 0 aromatic heterocycles. The molecule has 0 unspecified atom stereocenters. The molecule has 2 aliphatic heterocycles. The van der Waals surface area contributed by atoms with Gasteiger partial charge in [0.05, 0.1) is 5.56 Å². The molecule has 3 rings (SSSR count). The Bertz CT molecular complexity index is 652. The third kappa shape index (κ3) is 4.14. The van der Waals surface area contributed by atoms with Crippen molar-refractivity contribution < 1.29 is 22.7 Å². The van der Waals surface area contributed by atoms with Gasteiger partial charge in [0, 0.05) is 37.5 Å². The number of halogens is 3. The van der Waals surface area contributed by atoms with Gasteiger partial charge in [-0.05, 0) is 44.9 Å². The Kier molecular flexibility index (Phi) is 4.94. The van der Waals surface area contributed by atoms with Crippen molar-refractivity contribution in [2.24, 2.45) is 5.92 Å². The molecule has 0 spiro atoms. The molecule has 1 aromatic carbocycles. The van der Waals surface area contributed by atoms with Crippen molar-refractivity contribution in [1.82, 2.24) is 10.2 Å². The second-order valence-corrected chi connectivity index (χ2v) is 8.12. The molecule has 2 saturated heterocycles. The highest BCUT2D eigenvalue weighted by atomic mass is 19.4. The molecule has 0 radical (unpaired) electrons. The Morgan fingerprint density at radius 1 is 1.19 bits per heavy atom. The molecule has 0 saturated carbocycles. The SMILES string of the molecule is CC(C)(C)OC(=O)N1CC[C@H]2NC[C@H](c3ccc(C(F)(F)F)cc3)[C@H]2C1. The van der Waals surface area contributed by atoms with Gasteiger partial charge >= 0.3 is 12.3 Å². The second-order valence-electron chi connectivity index (χ2n) is 8.12. The number of hydrogen-bond acceptors (Lipinski definition) is 3. The Labute approximate surface area is 151 Å². The van der Waals surface area contributed by atoms with Crippen LogP contribution in [0, 0.1) is 5.92 Å². The summed E-state index contributed by atoms with van der Waals surface area (Å²) in [7, 11) is 0. The molecule has 1 amide bonds. The summed E-state index contributed by atoms with van der Waals surface area (Å²) in [5.74, 6) is 0.264. The first-order valence-electron chi connectivity index (χ1n) is 8.93. The number of rotatable bonds is 1. The maximum absolute atomic E-state index is 12.8. The maximum Gasteiger partial charge on any atom is 0.416 e. The number of hydrogen-bond donors (Lipinski definition) is 1. The first-order chi connectivity index (χ1) is 12.0. The zero-order chi connectivity index (χ0) is 19.1. The monoisotopic (exact) mass is 370 g/mol. The Balaban J connectivity index is 1.72. The number of carbonyl (C=O) groups excluding carboxylic acids is 1. The highest BCUT2D eigenvalue weighted by Gasteiger charge is 2.42. The third-order valence-corrected chi connectivity index (χ3v) is 5.09. The average molecular weight is 370 g/mol. The standard InChI is InChI=1S/C19H25F3N2O2/c1-18(2,3)26-17(25)24-9-8-16-15(11-24)14(10-23-16)12-4-6-13(7-5-12)19(20,21)22/h4-7,14-16,23H,8-11H2,1-3H3/t14-,15-,16-/m1/s1. The smallest absolute Gasteiger partial charge is 0.416 e. The van der Waals surface area contributed by atoms with Crippen LogP contribution in [0.25, 0.3) is 0 Å². The number of alkyl halides is 3. The van der Waals surface area contributed by atoms with Gasteiger partial charge in [0.15, 0.2) is 0 Å². The van der Waals surface area contributed by atoms with E-state index in [1.807, 2.05) is 20.8 Å². The fourth-order valence-corrected chi connectivity index (χ4v) is 3.85. The lowest BCUT2D eigenvalue weighted by atomic mass is 9.82. The van der Waals surface area contributed by atoms with Gasteiger partial charge in [-0.25, -0.2) is 4.79 Å². The molecule has 26 heavy (non-hydrogen) atoms. The van der Waals surface area contributed by atoms with Crippen molar-refractivity contribution in [2.45, 2.75) is 50.9 Å². The summed E-state index contributed by atoms with van der Waals surface area (Å²) in [6.45, 7) is 7.39. The lowest BCUT2D eigenvalue weighted by molar-refractivity contribution is -0.137. The minimum Gasteiger partial charge on any atom is -0.444 e. The fraction of sp³-hybridized carbons (Fsp3) is 0.632. The van der Waals surface area contributed by atoms with Crippen molar-refractivity contribution in [3.8, 4) is 0 Å². The summed E-state index contributed by atoms with van der Waals surface area (Å²) < 4.78 is 43.8. The van der Waals surface area contributed by atoms with Crippen molar-refractivity contribution in [2.75, 3.05) is 19.6 Å². The van der Waals surface area contributed by atoms with E-state index in [9.17, 15) is 18.0 Å². The number of benzene rings is 1. The highest BCUT2D eigenvalue weighted by Crippen LogP contribution is 2.38. The number of likely N-dealkylation sites (tertiary alicyclic amines) is 1. The number of nitrogens with zero attached hydrogens (tertiary/aromatic N) is 1. The molecule has 1 aromatic rings. The van der Waals surface area contributed by atoms with Crippen LogP contribution in [0.2, 0.25) is 0 Å². The maximum atomic E-state index is 12.8. The van der Waals surface area contributed by atoms with Crippen LogP contribution < -0.4 is 5.32 Å². The number of piperidine rings is 1. The first kappa shape index (κ1) is 19.0. The van der Waals surface area contributed by atoms with Crippen LogP contribution in [-0.4, -0.2) is 42.3 Å². The lowest BCUT2D eigenvalue weighted by Crippen LogP contribution is -2.49. The van der Waals surface area contributed by atoms with Gasteiger partial charge in [-0.3, -0.25) is 0 Å². The van der Waals surface area contributed by atoms with E-state index >= 15 is 0 Å². The number of carbonyl (C=O) groups is 1. The summed E-state index contributed by atoms with van der Waals surface area (Å²) in [4.78, 5) is 14.1. The van der Waals surface area contributed by atoms with Gasteiger partial charge in [-0.2, -0.15) is 13.2 Å². The molecule has 4 nitrogen and oxygen atoms in total. The summed E-state index contributed by atoms with van der Waals surface area (Å²) in [6, 6.07) is 5.67. The molecule has 2 fully saturated rings. The van der Waals surface area contributed by atoms with Crippen LogP contribution in [0.1, 0.15) is 44.2 Å². The molecule has 1 N–H and O–H groups in total. The topological polar surface area (TPSA) is 41.6 Å². The van der Waals surface area contributed by atoms with Crippen LogP contribution in [0.4, 0.5) is 18.0 Å². The van der Waals surface area contributed by atoms with Crippen molar-refractivity contribution >= 4 is 6.09 Å². The van der Waals surface area contributed by atoms with Crippen molar-refractivity contribution in [1.29, 1.82) is 0 Å². The summed E-state index contributed by atoms with van der Waals surface area (Å²) in [5.41, 5.74) is -0.305. The van der Waals surface area contributed by atoms with Gasteiger partial charge in [-0.15, -0.1) is 0 Å². The van der Waals surface area contributed by atoms with Crippen LogP contribution in [0.3, 0.4) is 0 Å². The van der Waals surface area contributed by atoms with E-state index in [-0.39, 0.29) is 24.0 Å². The normalized spacial score (nSPS) is 26.5. The van der Waals surface area contributed by atoms with Crippen molar-refractivity contribution in [3.05, 3.63) is 35.4 Å². The van der Waals surface area contributed by atoms with Crippen molar-refractivity contribution in [3.63, 3.8) is 0 Å². The lowest BCUT2D eigenvalue weighted by Gasteiger charge is -2.37. The second kappa shape index (κ2) is 6.76. The Morgan fingerprint density at radius 2 is 1.85 bits per heavy atom. The Hall–Kier alpha value is -1.76. The fourth-order valence-electron chi connectivity index (χ4n) is 3.85. The predicted molar refractivity (Wildman–Crippen MR) is 91.9 cm³/mol. The molecule has 0 bridgehead atoms. The molecule has 144 valence electrons. The molecule has 7 heteroatoms. The predicted octanol–water partition coefficient (Wildman–Crippen LogP) is 4.02. The quantitative estimate of drug-likeness (QED) is 0.812. The molecule has 2 heterocycles. The third-order valence-electron chi connectivity index (χ3n) is 5.09. The van der Waals surface area contributed by atoms with Crippen LogP contribution in [-0.2, 0) is 10.9 Å². The van der Waals surface area contributed by atoms with E-state index in [4.69, 9.17) is 4.74 Å². The number of fused-ring (bicyclic) bond motifs is 1. The molecule has 3 atom stereocenters. The van der Waals surface area contributed by atoms with E-state index < -0.39 is 17.3 Å². The van der Waals surface area contributed by atoms with E-state index in [1.54, 1.807) is 17.0 Å². The zero-order valence-electron chi connectivity index (χ0n) is 15.3. The van der Waals surface area contributed by atoms with Crippen LogP contribution in [0.15, 0.2) is 24.3 Å². The van der Waals surface area contributed by atoms with E-state index in [1.165, 1.54) is 0 Å². The van der Waals surface area contributed by atoms with Gasteiger partial charge in [0.2, 0.25) is 0 Å². The summed E-state index contributed by atoms with van der Waals surface area (Å²) in [6.07, 6.45) is -3.83. The molecular weight excluding hydrogens is 345 g/mol. The summed E-state index contributed by atoms with van der Waals surface area (Å²) in [5, 5.41) is 3.46. The van der Waals surface area contributed by atoms with Gasteiger partial charge < -0.3 is 15.0 Å². The van der Waals surface area contributed by atoms with E-state index in [2.05, 4.69) is 5.32 Å². The van der Waals surface area contributed by atoms with Gasteiger partial charge in [0.1, 0.15) is 5.60 Å². The number of nitrogens with one attached hydrogen (secondary N) is 1. The largest absolute Gasteiger partial charge is 0.444 e. The van der Waals surface area contributed by atoms with E-state index in [0.29, 0.717) is 19.6 Å². The average Bonchev–Trinajstić information content (AvgIpc) is 2.95. The zero-order valence-corrected chi connectivity index (χ0v) is 15.3. The van der Waals surface area contributed by atoms with Crippen LogP contribution >= 0.6 is 0 Å². The number of amides is 1. The number of ether oxygens (including phenoxy) is 1. The van der Waals surface area contributed by atoms with Crippen LogP contribution in [0.5, 0.6) is 0 Å². The highest BCUT2D eigenvalue weighted by molar-refractivity contribution is 5.68. The van der Waals surface area contributed by atoms with Gasteiger partial charge in [-0.1, -0.05) is 12.1 Å². The minimum absolute atomic E-state index is 0.0903. The first-order valence-corrected chi connectivity index (χ1v) is 8.93.